The minimum Gasteiger partial charge on any atom is -0.336 e. The summed E-state index contributed by atoms with van der Waals surface area (Å²) in [5.41, 5.74) is 6.82. The van der Waals surface area contributed by atoms with Crippen molar-refractivity contribution in [3.63, 3.8) is 0 Å². The summed E-state index contributed by atoms with van der Waals surface area (Å²) in [5, 5.41) is 4.02. The maximum absolute atomic E-state index is 6.24. The molecule has 0 amide bonds. The third kappa shape index (κ3) is 2.47. The second kappa shape index (κ2) is 4.41. The number of hydrogen-bond acceptors (Lipinski definition) is 5. The molecule has 0 atom stereocenters. The first-order valence-electron chi connectivity index (χ1n) is 7.03. The molecular weight excluding hydrogens is 254 g/mol. The third-order valence-electron chi connectivity index (χ3n) is 3.68. The SMILES string of the molecule is CC(C)(C)Cc1noc(-c2cnc(C3(N)CCC3)[nH]2)n1. The van der Waals surface area contributed by atoms with E-state index < -0.39 is 0 Å². The molecule has 2 aromatic heterocycles. The van der Waals surface area contributed by atoms with E-state index in [1.54, 1.807) is 6.20 Å². The van der Waals surface area contributed by atoms with Crippen LogP contribution in [-0.4, -0.2) is 20.1 Å². The average Bonchev–Trinajstić information content (AvgIpc) is 2.91. The van der Waals surface area contributed by atoms with Gasteiger partial charge in [-0.05, 0) is 24.7 Å². The smallest absolute Gasteiger partial charge is 0.275 e. The molecule has 1 fully saturated rings. The van der Waals surface area contributed by atoms with E-state index in [0.29, 0.717) is 5.89 Å². The Balaban J connectivity index is 1.80. The molecule has 2 aromatic rings. The fraction of sp³-hybridized carbons (Fsp3) is 0.643. The van der Waals surface area contributed by atoms with E-state index in [1.807, 2.05) is 0 Å². The van der Waals surface area contributed by atoms with Crippen LogP contribution < -0.4 is 5.73 Å². The number of imidazole rings is 1. The molecule has 0 unspecified atom stereocenters. The zero-order chi connectivity index (χ0) is 14.4. The molecule has 0 aromatic carbocycles. The fourth-order valence-electron chi connectivity index (χ4n) is 2.39. The molecule has 3 N–H and O–H groups in total. The van der Waals surface area contributed by atoms with Crippen LogP contribution in [0.2, 0.25) is 0 Å². The van der Waals surface area contributed by atoms with Gasteiger partial charge < -0.3 is 15.2 Å². The highest BCUT2D eigenvalue weighted by atomic mass is 16.5. The van der Waals surface area contributed by atoms with Gasteiger partial charge in [0.15, 0.2) is 5.82 Å². The molecule has 6 heteroatoms. The lowest BCUT2D eigenvalue weighted by molar-refractivity contribution is 0.240. The van der Waals surface area contributed by atoms with Gasteiger partial charge in [-0.3, -0.25) is 0 Å². The van der Waals surface area contributed by atoms with Gasteiger partial charge in [0.2, 0.25) is 0 Å². The first-order valence-corrected chi connectivity index (χ1v) is 7.03. The average molecular weight is 275 g/mol. The maximum atomic E-state index is 6.24. The highest BCUT2D eigenvalue weighted by Gasteiger charge is 2.37. The lowest BCUT2D eigenvalue weighted by atomic mass is 9.77. The number of H-pyrrole nitrogens is 1. The Hall–Kier alpha value is -1.69. The Morgan fingerprint density at radius 2 is 2.15 bits per heavy atom. The number of nitrogens with zero attached hydrogens (tertiary/aromatic N) is 3. The van der Waals surface area contributed by atoms with Crippen LogP contribution in [0.4, 0.5) is 0 Å². The van der Waals surface area contributed by atoms with Gasteiger partial charge >= 0.3 is 0 Å². The summed E-state index contributed by atoms with van der Waals surface area (Å²) in [6.07, 6.45) is 5.59. The van der Waals surface area contributed by atoms with Crippen molar-refractivity contribution in [1.82, 2.24) is 20.1 Å². The van der Waals surface area contributed by atoms with Crippen molar-refractivity contribution < 1.29 is 4.52 Å². The molecule has 0 bridgehead atoms. The molecule has 0 aliphatic heterocycles. The summed E-state index contributed by atoms with van der Waals surface area (Å²) in [7, 11) is 0. The second-order valence-corrected chi connectivity index (χ2v) is 6.91. The van der Waals surface area contributed by atoms with Crippen LogP contribution >= 0.6 is 0 Å². The number of aromatic nitrogens is 4. The van der Waals surface area contributed by atoms with Gasteiger partial charge in [0.25, 0.3) is 5.89 Å². The summed E-state index contributed by atoms with van der Waals surface area (Å²) < 4.78 is 5.30. The molecular formula is C14H21N5O. The molecule has 20 heavy (non-hydrogen) atoms. The van der Waals surface area contributed by atoms with Crippen LogP contribution in [0, 0.1) is 5.41 Å². The Morgan fingerprint density at radius 1 is 1.40 bits per heavy atom. The Labute approximate surface area is 118 Å². The number of nitrogens with one attached hydrogen (secondary N) is 1. The number of aromatic amines is 1. The van der Waals surface area contributed by atoms with Crippen molar-refractivity contribution in [1.29, 1.82) is 0 Å². The standard InChI is InChI=1S/C14H21N5O/c1-13(2,3)7-10-18-11(20-19-10)9-8-16-12(17-9)14(15)5-4-6-14/h8H,4-7,15H2,1-3H3,(H,16,17). The molecule has 6 nitrogen and oxygen atoms in total. The van der Waals surface area contributed by atoms with Crippen molar-refractivity contribution in [2.45, 2.75) is 52.0 Å². The van der Waals surface area contributed by atoms with Gasteiger partial charge in [-0.2, -0.15) is 4.98 Å². The molecule has 1 aliphatic rings. The van der Waals surface area contributed by atoms with E-state index in [-0.39, 0.29) is 11.0 Å². The summed E-state index contributed by atoms with van der Waals surface area (Å²) in [5.74, 6) is 2.01. The minimum atomic E-state index is -0.299. The Bertz CT molecular complexity index is 603. The Kier molecular flexibility index (Phi) is 2.93. The Morgan fingerprint density at radius 3 is 2.75 bits per heavy atom. The predicted octanol–water partition coefficient (Wildman–Crippen LogP) is 2.39. The maximum Gasteiger partial charge on any atom is 0.275 e. The summed E-state index contributed by atoms with van der Waals surface area (Å²) in [6, 6.07) is 0. The highest BCUT2D eigenvalue weighted by Crippen LogP contribution is 2.37. The summed E-state index contributed by atoms with van der Waals surface area (Å²) in [6.45, 7) is 6.43. The predicted molar refractivity (Wildman–Crippen MR) is 74.8 cm³/mol. The van der Waals surface area contributed by atoms with Crippen molar-refractivity contribution in [2.75, 3.05) is 0 Å². The van der Waals surface area contributed by atoms with Crippen molar-refractivity contribution >= 4 is 0 Å². The summed E-state index contributed by atoms with van der Waals surface area (Å²) in [4.78, 5) is 12.0. The van der Waals surface area contributed by atoms with Crippen molar-refractivity contribution in [3.8, 4) is 11.6 Å². The molecule has 0 radical (unpaired) electrons. The van der Waals surface area contributed by atoms with E-state index in [2.05, 4.69) is 40.9 Å². The number of nitrogens with two attached hydrogens (primary N) is 1. The fourth-order valence-corrected chi connectivity index (χ4v) is 2.39. The molecule has 0 spiro atoms. The van der Waals surface area contributed by atoms with Crippen molar-refractivity contribution in [3.05, 3.63) is 17.8 Å². The monoisotopic (exact) mass is 275 g/mol. The van der Waals surface area contributed by atoms with Gasteiger partial charge in [0.1, 0.15) is 11.5 Å². The van der Waals surface area contributed by atoms with Gasteiger partial charge in [-0.15, -0.1) is 0 Å². The van der Waals surface area contributed by atoms with E-state index in [9.17, 15) is 0 Å². The van der Waals surface area contributed by atoms with E-state index in [0.717, 1.165) is 43.0 Å². The van der Waals surface area contributed by atoms with Crippen LogP contribution in [0.15, 0.2) is 10.7 Å². The van der Waals surface area contributed by atoms with Gasteiger partial charge in [-0.25, -0.2) is 4.98 Å². The number of hydrogen-bond donors (Lipinski definition) is 2. The molecule has 1 aliphatic carbocycles. The molecule has 3 rings (SSSR count). The zero-order valence-corrected chi connectivity index (χ0v) is 12.2. The quantitative estimate of drug-likeness (QED) is 0.897. The third-order valence-corrected chi connectivity index (χ3v) is 3.68. The van der Waals surface area contributed by atoms with E-state index in [4.69, 9.17) is 10.3 Å². The number of rotatable bonds is 3. The molecule has 108 valence electrons. The van der Waals surface area contributed by atoms with Crippen LogP contribution in [0.3, 0.4) is 0 Å². The zero-order valence-electron chi connectivity index (χ0n) is 12.2. The van der Waals surface area contributed by atoms with E-state index in [1.165, 1.54) is 0 Å². The topological polar surface area (TPSA) is 93.6 Å². The lowest BCUT2D eigenvalue weighted by Gasteiger charge is -2.35. The van der Waals surface area contributed by atoms with Gasteiger partial charge in [0, 0.05) is 6.42 Å². The van der Waals surface area contributed by atoms with Crippen molar-refractivity contribution in [2.24, 2.45) is 11.1 Å². The first kappa shape index (κ1) is 13.3. The molecule has 0 saturated heterocycles. The normalized spacial score (nSPS) is 18.0. The minimum absolute atomic E-state index is 0.132. The summed E-state index contributed by atoms with van der Waals surface area (Å²) >= 11 is 0. The van der Waals surface area contributed by atoms with Crippen LogP contribution in [0.1, 0.15) is 51.7 Å². The largest absolute Gasteiger partial charge is 0.336 e. The molecule has 1 saturated carbocycles. The molecule has 2 heterocycles. The lowest BCUT2D eigenvalue weighted by Crippen LogP contribution is -2.44. The van der Waals surface area contributed by atoms with Gasteiger partial charge in [-0.1, -0.05) is 25.9 Å². The van der Waals surface area contributed by atoms with Crippen LogP contribution in [0.25, 0.3) is 11.6 Å². The first-order chi connectivity index (χ1) is 9.36. The van der Waals surface area contributed by atoms with Gasteiger partial charge in [0.05, 0.1) is 11.7 Å². The highest BCUT2D eigenvalue weighted by molar-refractivity contribution is 5.45. The van der Waals surface area contributed by atoms with Crippen LogP contribution in [0.5, 0.6) is 0 Å². The van der Waals surface area contributed by atoms with Crippen LogP contribution in [-0.2, 0) is 12.0 Å². The van der Waals surface area contributed by atoms with E-state index >= 15 is 0 Å². The second-order valence-electron chi connectivity index (χ2n) is 6.91.